The predicted molar refractivity (Wildman–Crippen MR) is 198 cm³/mol. The first-order chi connectivity index (χ1) is 24.8. The summed E-state index contributed by atoms with van der Waals surface area (Å²) in [4.78, 5) is 48.3. The highest BCUT2D eigenvalue weighted by Crippen LogP contribution is 2.38. The molecule has 13 heteroatoms. The molecule has 0 spiro atoms. The topological polar surface area (TPSA) is 123 Å². The van der Waals surface area contributed by atoms with Gasteiger partial charge in [0.2, 0.25) is 5.91 Å². The molecule has 0 bridgehead atoms. The minimum Gasteiger partial charge on any atom is -0.444 e. The minimum atomic E-state index is -0.698. The van der Waals surface area contributed by atoms with Crippen LogP contribution in [0.5, 0.6) is 0 Å². The van der Waals surface area contributed by atoms with Gasteiger partial charge in [0.15, 0.2) is 0 Å². The van der Waals surface area contributed by atoms with Crippen molar-refractivity contribution in [1.29, 1.82) is 0 Å². The van der Waals surface area contributed by atoms with Crippen molar-refractivity contribution in [3.8, 4) is 0 Å². The van der Waals surface area contributed by atoms with E-state index in [0.29, 0.717) is 56.2 Å². The van der Waals surface area contributed by atoms with E-state index in [9.17, 15) is 14.4 Å². The Balaban J connectivity index is 1.22. The first-order valence-corrected chi connectivity index (χ1v) is 18.0. The van der Waals surface area contributed by atoms with Crippen LogP contribution in [0.15, 0.2) is 55.0 Å². The highest BCUT2D eigenvalue weighted by molar-refractivity contribution is 6.03. The summed E-state index contributed by atoms with van der Waals surface area (Å²) >= 11 is 0. The van der Waals surface area contributed by atoms with Gasteiger partial charge in [-0.15, -0.1) is 0 Å². The van der Waals surface area contributed by atoms with Gasteiger partial charge in [0.25, 0.3) is 5.91 Å². The Bertz CT molecular complexity index is 1910. The Morgan fingerprint density at radius 1 is 1.06 bits per heavy atom. The molecule has 2 aromatic carbocycles. The molecule has 4 aromatic rings. The van der Waals surface area contributed by atoms with E-state index in [4.69, 9.17) is 9.47 Å². The zero-order valence-electron chi connectivity index (χ0n) is 30.9. The number of hydrogen-bond donors (Lipinski definition) is 2. The number of anilines is 2. The summed E-state index contributed by atoms with van der Waals surface area (Å²) in [6.45, 7) is 10.6. The Hall–Kier alpha value is -4.91. The normalized spacial score (nSPS) is 19.2. The molecule has 2 fully saturated rings. The minimum absolute atomic E-state index is 0.0240. The van der Waals surface area contributed by atoms with Crippen molar-refractivity contribution in [3.63, 3.8) is 0 Å². The highest BCUT2D eigenvalue weighted by atomic mass is 19.1. The molecular formula is C39H50FN7O5. The number of nitrogens with one attached hydrogen (secondary N) is 2. The molecule has 4 heterocycles. The van der Waals surface area contributed by atoms with Gasteiger partial charge in [0.1, 0.15) is 17.1 Å². The SMILES string of the molecule is COCCCn1c(C2CCCN(C(=O)[C@@H]3CN(c4ccc(NC(=O)c5cncn5C)cc4)C[C@H]3NC(=O)OC(C)(C)C)C2)c(C)c2cccc(F)c21. The van der Waals surface area contributed by atoms with E-state index in [1.807, 2.05) is 35.2 Å². The van der Waals surface area contributed by atoms with Gasteiger partial charge in [0.05, 0.1) is 30.0 Å². The quantitative estimate of drug-likeness (QED) is 0.198. The molecule has 0 aliphatic carbocycles. The number of aromatic nitrogens is 3. The lowest BCUT2D eigenvalue weighted by Crippen LogP contribution is -2.50. The molecule has 2 saturated heterocycles. The lowest BCUT2D eigenvalue weighted by atomic mass is 9.90. The smallest absolute Gasteiger partial charge is 0.407 e. The number of methoxy groups -OCH3 is 1. The van der Waals surface area contributed by atoms with Gasteiger partial charge in [-0.2, -0.15) is 0 Å². The van der Waals surface area contributed by atoms with E-state index >= 15 is 4.39 Å². The Labute approximate surface area is 304 Å². The molecule has 6 rings (SSSR count). The molecular weight excluding hydrogens is 665 g/mol. The number of alkyl carbamates (subject to hydrolysis) is 1. The third kappa shape index (κ3) is 7.94. The van der Waals surface area contributed by atoms with Crippen LogP contribution < -0.4 is 15.5 Å². The third-order valence-corrected chi connectivity index (χ3v) is 10.1. The number of fused-ring (bicyclic) bond motifs is 1. The average molecular weight is 716 g/mol. The molecule has 278 valence electrons. The van der Waals surface area contributed by atoms with Gasteiger partial charge in [-0.1, -0.05) is 12.1 Å². The van der Waals surface area contributed by atoms with Crippen LogP contribution in [0.25, 0.3) is 10.9 Å². The summed E-state index contributed by atoms with van der Waals surface area (Å²) in [7, 11) is 3.42. The van der Waals surface area contributed by atoms with Crippen LogP contribution in [0.2, 0.25) is 0 Å². The Morgan fingerprint density at radius 2 is 1.83 bits per heavy atom. The number of para-hydroxylation sites is 1. The standard InChI is InChI=1S/C39H50FN7O5/c1-25-29-11-7-12-31(40)35(29)47(18-9-19-51-6)34(25)26-10-8-17-45(21-26)37(49)30-22-46(23-32(30)43-38(50)52-39(2,3)4)28-15-13-27(14-16-28)42-36(48)33-20-41-24-44(33)5/h7,11-16,20,24,26,30,32H,8-10,17-19,21-23H2,1-6H3,(H,42,48)(H,43,50)/t26?,30-,32-/m1/s1. The summed E-state index contributed by atoms with van der Waals surface area (Å²) in [6.07, 6.45) is 4.94. The van der Waals surface area contributed by atoms with Gasteiger partial charge in [-0.05, 0) is 82.9 Å². The molecule has 2 aromatic heterocycles. The van der Waals surface area contributed by atoms with E-state index < -0.39 is 23.7 Å². The number of halogens is 1. The van der Waals surface area contributed by atoms with Gasteiger partial charge in [0, 0.05) is 81.9 Å². The van der Waals surface area contributed by atoms with Crippen LogP contribution in [0.4, 0.5) is 20.6 Å². The van der Waals surface area contributed by atoms with E-state index in [0.717, 1.165) is 41.6 Å². The summed E-state index contributed by atoms with van der Waals surface area (Å²) in [5, 5.41) is 6.80. The van der Waals surface area contributed by atoms with Crippen LogP contribution in [0.3, 0.4) is 0 Å². The van der Waals surface area contributed by atoms with Gasteiger partial charge in [-0.25, -0.2) is 14.2 Å². The van der Waals surface area contributed by atoms with E-state index in [1.165, 1.54) is 12.3 Å². The first-order valence-electron chi connectivity index (χ1n) is 18.0. The van der Waals surface area contributed by atoms with Crippen LogP contribution in [-0.4, -0.2) is 88.5 Å². The Kier molecular flexibility index (Phi) is 10.9. The predicted octanol–water partition coefficient (Wildman–Crippen LogP) is 5.85. The molecule has 12 nitrogen and oxygen atoms in total. The first kappa shape index (κ1) is 36.9. The van der Waals surface area contributed by atoms with Crippen molar-refractivity contribution in [2.75, 3.05) is 50.1 Å². The molecule has 1 unspecified atom stereocenters. The van der Waals surface area contributed by atoms with Crippen LogP contribution >= 0.6 is 0 Å². The number of aryl methyl sites for hydroxylation is 3. The lowest BCUT2D eigenvalue weighted by molar-refractivity contribution is -0.136. The molecule has 0 radical (unpaired) electrons. The number of piperidine rings is 1. The van der Waals surface area contributed by atoms with E-state index in [-0.39, 0.29) is 23.5 Å². The summed E-state index contributed by atoms with van der Waals surface area (Å²) < 4.78 is 30.0. The summed E-state index contributed by atoms with van der Waals surface area (Å²) in [6, 6.07) is 12.2. The van der Waals surface area contributed by atoms with E-state index in [1.54, 1.807) is 51.9 Å². The molecule has 2 aliphatic heterocycles. The maximum atomic E-state index is 15.3. The number of hydrogen-bond acceptors (Lipinski definition) is 7. The molecule has 3 amide bonds. The van der Waals surface area contributed by atoms with Gasteiger partial charge < -0.3 is 39.0 Å². The molecule has 0 saturated carbocycles. The zero-order chi connectivity index (χ0) is 37.2. The fourth-order valence-corrected chi connectivity index (χ4v) is 7.71. The molecule has 2 aliphatic rings. The second-order valence-corrected chi connectivity index (χ2v) is 14.9. The number of nitrogens with zero attached hydrogens (tertiary/aromatic N) is 5. The van der Waals surface area contributed by atoms with Crippen molar-refractivity contribution >= 4 is 40.2 Å². The average Bonchev–Trinajstić information content (AvgIpc) is 3.80. The van der Waals surface area contributed by atoms with Crippen LogP contribution in [0.1, 0.15) is 67.7 Å². The number of amides is 3. The van der Waals surface area contributed by atoms with Gasteiger partial charge in [-0.3, -0.25) is 9.59 Å². The fourth-order valence-electron chi connectivity index (χ4n) is 7.71. The van der Waals surface area contributed by atoms with Crippen molar-refractivity contribution in [2.24, 2.45) is 13.0 Å². The third-order valence-electron chi connectivity index (χ3n) is 10.1. The zero-order valence-corrected chi connectivity index (χ0v) is 30.9. The number of carbonyl (C=O) groups is 3. The number of imidazole rings is 1. The molecule has 2 N–H and O–H groups in total. The highest BCUT2D eigenvalue weighted by Gasteiger charge is 2.42. The van der Waals surface area contributed by atoms with Crippen LogP contribution in [-0.2, 0) is 27.9 Å². The fraction of sp³-hybridized carbons (Fsp3) is 0.487. The largest absolute Gasteiger partial charge is 0.444 e. The van der Waals surface area contributed by atoms with E-state index in [2.05, 4.69) is 32.0 Å². The molecule has 52 heavy (non-hydrogen) atoms. The van der Waals surface area contributed by atoms with Crippen LogP contribution in [0, 0.1) is 18.7 Å². The van der Waals surface area contributed by atoms with Crippen molar-refractivity contribution in [1.82, 2.24) is 24.3 Å². The maximum Gasteiger partial charge on any atom is 0.407 e. The molecule has 3 atom stereocenters. The number of rotatable bonds is 10. The number of likely N-dealkylation sites (tertiary alicyclic amines) is 1. The monoisotopic (exact) mass is 715 g/mol. The summed E-state index contributed by atoms with van der Waals surface area (Å²) in [5.74, 6) is -1.05. The number of benzene rings is 2. The van der Waals surface area contributed by atoms with Crippen molar-refractivity contribution < 1.29 is 28.2 Å². The maximum absolute atomic E-state index is 15.3. The second kappa shape index (κ2) is 15.4. The van der Waals surface area contributed by atoms with Crippen molar-refractivity contribution in [3.05, 3.63) is 77.8 Å². The number of ether oxygens (including phenoxy) is 2. The number of carbonyl (C=O) groups excluding carboxylic acids is 3. The Morgan fingerprint density at radius 3 is 2.52 bits per heavy atom. The second-order valence-electron chi connectivity index (χ2n) is 14.9. The van der Waals surface area contributed by atoms with Crippen molar-refractivity contribution in [2.45, 2.75) is 71.1 Å². The van der Waals surface area contributed by atoms with Gasteiger partial charge >= 0.3 is 6.09 Å². The summed E-state index contributed by atoms with van der Waals surface area (Å²) in [5.41, 5.74) is 3.94. The lowest BCUT2D eigenvalue weighted by Gasteiger charge is -2.36.